The number of rotatable bonds is 4. The van der Waals surface area contributed by atoms with Crippen LogP contribution in [0.15, 0.2) is 0 Å². The highest BCUT2D eigenvalue weighted by molar-refractivity contribution is 8.98. The molecule has 1 nitrogen and oxygen atoms in total. The quantitative estimate of drug-likeness (QED) is 0.707. The first kappa shape index (κ1) is 10.3. The van der Waals surface area contributed by atoms with Crippen LogP contribution in [0.1, 0.15) is 13.8 Å². The van der Waals surface area contributed by atoms with Gasteiger partial charge in [-0.15, -0.1) is 0 Å². The lowest BCUT2D eigenvalue weighted by Crippen LogP contribution is -1.69. The molecule has 0 aliphatic rings. The zero-order chi connectivity index (χ0) is 7.33. The lowest BCUT2D eigenvalue weighted by Gasteiger charge is -2.09. The van der Waals surface area contributed by atoms with Crippen LogP contribution in [0.4, 0.5) is 0 Å². The van der Waals surface area contributed by atoms with Gasteiger partial charge in [0, 0.05) is 0 Å². The van der Waals surface area contributed by atoms with Gasteiger partial charge >= 0.3 is 0 Å². The van der Waals surface area contributed by atoms with Gasteiger partial charge < -0.3 is 4.89 Å². The van der Waals surface area contributed by atoms with Gasteiger partial charge in [-0.05, 0) is 23.3 Å². The van der Waals surface area contributed by atoms with Crippen LogP contribution in [-0.2, 0) is 11.8 Å². The lowest BCUT2D eigenvalue weighted by atomic mass is 11.0. The summed E-state index contributed by atoms with van der Waals surface area (Å²) >= 11 is 7.94. The van der Waals surface area contributed by atoms with E-state index in [-0.39, 0.29) is 0 Å². The Kier molecular flexibility index (Phi) is 5.76. The third-order valence-corrected chi connectivity index (χ3v) is 9.06. The van der Waals surface area contributed by atoms with Crippen molar-refractivity contribution in [3.05, 3.63) is 0 Å². The minimum atomic E-state index is -2.03. The second-order valence-electron chi connectivity index (χ2n) is 1.30. The first-order valence-electron chi connectivity index (χ1n) is 2.74. The Hall–Kier alpha value is 1.31. The molecule has 0 unspecified atom stereocenters. The summed E-state index contributed by atoms with van der Waals surface area (Å²) in [6.45, 7) is 4.02. The second-order valence-corrected chi connectivity index (χ2v) is 12.3. The maximum absolute atomic E-state index is 9.37. The molecule has 0 fully saturated rings. The summed E-state index contributed by atoms with van der Waals surface area (Å²) in [6, 6.07) is 0. The van der Waals surface area contributed by atoms with Gasteiger partial charge in [0.25, 0.3) is 0 Å². The molecule has 0 aromatic heterocycles. The van der Waals surface area contributed by atoms with E-state index in [1.54, 1.807) is 0 Å². The van der Waals surface area contributed by atoms with Gasteiger partial charge in [0.15, 0.2) is 4.67 Å². The molecule has 56 valence electrons. The third kappa shape index (κ3) is 5.74. The molecule has 0 heterocycles. The highest BCUT2D eigenvalue weighted by Crippen LogP contribution is 2.65. The Bertz CT molecular complexity index is 106. The number of hydrogen-bond donors (Lipinski definition) is 1. The van der Waals surface area contributed by atoms with Gasteiger partial charge in [-0.1, -0.05) is 36.6 Å². The molecule has 9 heavy (non-hydrogen) atoms. The van der Waals surface area contributed by atoms with Crippen molar-refractivity contribution in [2.24, 2.45) is 0 Å². The zero-order valence-electron chi connectivity index (χ0n) is 5.53. The first-order chi connectivity index (χ1) is 4.12. The molecule has 0 aromatic carbocycles. The van der Waals surface area contributed by atoms with Crippen molar-refractivity contribution in [2.75, 3.05) is 11.5 Å². The molecule has 0 rings (SSSR count). The van der Waals surface area contributed by atoms with Gasteiger partial charge in [0.2, 0.25) is 0 Å². The van der Waals surface area contributed by atoms with E-state index in [1.807, 2.05) is 13.8 Å². The van der Waals surface area contributed by atoms with Crippen molar-refractivity contribution in [2.45, 2.75) is 13.8 Å². The smallest absolute Gasteiger partial charge is 0.172 e. The highest BCUT2D eigenvalue weighted by atomic mass is 33.2. The largest absolute Gasteiger partial charge is 0.350 e. The summed E-state index contributed by atoms with van der Waals surface area (Å²) in [5.41, 5.74) is 0. The zero-order valence-corrected chi connectivity index (χ0v) is 8.88. The molecule has 0 saturated heterocycles. The molecule has 0 radical (unpaired) electrons. The maximum atomic E-state index is 9.37. The highest BCUT2D eigenvalue weighted by Gasteiger charge is 2.10. The van der Waals surface area contributed by atoms with Crippen molar-refractivity contribution in [1.82, 2.24) is 0 Å². The van der Waals surface area contributed by atoms with Crippen LogP contribution in [0.2, 0.25) is 0 Å². The predicted molar refractivity (Wildman–Crippen MR) is 52.8 cm³/mol. The van der Waals surface area contributed by atoms with Gasteiger partial charge in [-0.25, -0.2) is 0 Å². The van der Waals surface area contributed by atoms with E-state index in [0.29, 0.717) is 0 Å². The monoisotopic (exact) mass is 202 g/mol. The average Bonchev–Trinajstić information content (AvgIpc) is 1.64. The molecule has 0 saturated carbocycles. The first-order valence-corrected chi connectivity index (χ1v) is 8.68. The SMILES string of the molecule is CCSP(O)(=S)SCC. The van der Waals surface area contributed by atoms with Gasteiger partial charge in [-0.2, -0.15) is 0 Å². The second kappa shape index (κ2) is 5.03. The minimum absolute atomic E-state index is 0.917. The molecule has 0 aliphatic heterocycles. The fourth-order valence-electron chi connectivity index (χ4n) is 0.364. The van der Waals surface area contributed by atoms with Crippen molar-refractivity contribution in [3.8, 4) is 0 Å². The van der Waals surface area contributed by atoms with E-state index >= 15 is 0 Å². The van der Waals surface area contributed by atoms with Crippen LogP contribution in [0.3, 0.4) is 0 Å². The molecule has 0 bridgehead atoms. The Labute approximate surface area is 69.6 Å². The van der Waals surface area contributed by atoms with Crippen molar-refractivity contribution < 1.29 is 4.89 Å². The van der Waals surface area contributed by atoms with Crippen LogP contribution in [0.5, 0.6) is 0 Å². The van der Waals surface area contributed by atoms with Gasteiger partial charge in [0.05, 0.1) is 0 Å². The summed E-state index contributed by atoms with van der Waals surface area (Å²) in [7, 11) is 0. The molecule has 0 amide bonds. The third-order valence-electron chi connectivity index (χ3n) is 0.584. The normalized spacial score (nSPS) is 11.9. The van der Waals surface area contributed by atoms with Crippen LogP contribution in [-0.4, -0.2) is 16.4 Å². The maximum Gasteiger partial charge on any atom is 0.172 e. The molecule has 0 atom stereocenters. The molecule has 1 N–H and O–H groups in total. The molecule has 0 aliphatic carbocycles. The number of hydrogen-bond acceptors (Lipinski definition) is 3. The standard InChI is InChI=1S/C4H11OPS3/c1-3-8-6(5,7)9-4-2/h3-4H2,1-2H3,(H,5,7). The summed E-state index contributed by atoms with van der Waals surface area (Å²) in [4.78, 5) is 9.37. The van der Waals surface area contributed by atoms with E-state index in [0.717, 1.165) is 11.5 Å². The average molecular weight is 202 g/mol. The van der Waals surface area contributed by atoms with E-state index < -0.39 is 4.67 Å². The van der Waals surface area contributed by atoms with Gasteiger partial charge in [-0.3, -0.25) is 0 Å². The lowest BCUT2D eigenvalue weighted by molar-refractivity contribution is 0.654. The summed E-state index contributed by atoms with van der Waals surface area (Å²) in [6.07, 6.45) is 0. The molecular weight excluding hydrogens is 191 g/mol. The fourth-order valence-corrected chi connectivity index (χ4v) is 7.74. The molecule has 0 spiro atoms. The van der Waals surface area contributed by atoms with Crippen LogP contribution in [0.25, 0.3) is 0 Å². The Balaban J connectivity index is 3.58. The van der Waals surface area contributed by atoms with Crippen LogP contribution >= 0.6 is 27.4 Å². The fraction of sp³-hybridized carbons (Fsp3) is 1.00. The van der Waals surface area contributed by atoms with Gasteiger partial charge in [0.1, 0.15) is 0 Å². The molecule has 0 aromatic rings. The van der Waals surface area contributed by atoms with Crippen molar-refractivity contribution >= 4 is 39.2 Å². The van der Waals surface area contributed by atoms with Crippen LogP contribution < -0.4 is 0 Å². The topological polar surface area (TPSA) is 20.2 Å². The summed E-state index contributed by atoms with van der Waals surface area (Å²) in [5, 5.41) is 0. The Morgan fingerprint density at radius 1 is 1.33 bits per heavy atom. The predicted octanol–water partition coefficient (Wildman–Crippen LogP) is 2.71. The van der Waals surface area contributed by atoms with E-state index in [2.05, 4.69) is 0 Å². The minimum Gasteiger partial charge on any atom is -0.350 e. The Morgan fingerprint density at radius 3 is 1.89 bits per heavy atom. The van der Waals surface area contributed by atoms with E-state index in [4.69, 9.17) is 11.8 Å². The summed E-state index contributed by atoms with van der Waals surface area (Å²) in [5.74, 6) is 1.83. The van der Waals surface area contributed by atoms with Crippen molar-refractivity contribution in [1.29, 1.82) is 0 Å². The molecular formula is C4H11OPS3. The van der Waals surface area contributed by atoms with Crippen LogP contribution in [0, 0.1) is 0 Å². The Morgan fingerprint density at radius 2 is 1.67 bits per heavy atom. The van der Waals surface area contributed by atoms with E-state index in [1.165, 1.54) is 22.8 Å². The van der Waals surface area contributed by atoms with Crippen molar-refractivity contribution in [3.63, 3.8) is 0 Å². The summed E-state index contributed by atoms with van der Waals surface area (Å²) < 4.78 is -2.03. The molecule has 5 heteroatoms. The van der Waals surface area contributed by atoms with E-state index in [9.17, 15) is 4.89 Å².